The van der Waals surface area contributed by atoms with Crippen LogP contribution >= 0.6 is 27.5 Å². The van der Waals surface area contributed by atoms with Crippen molar-refractivity contribution >= 4 is 55.4 Å². The molecule has 226 valence electrons. The molecular formula is C30H30BrClN4O6S. The normalized spacial score (nSPS) is 11.4. The van der Waals surface area contributed by atoms with E-state index < -0.39 is 22.5 Å². The third-order valence-electron chi connectivity index (χ3n) is 6.60. The molecule has 3 aromatic carbocycles. The van der Waals surface area contributed by atoms with Crippen LogP contribution in [0.4, 0.5) is 5.69 Å². The molecule has 4 aromatic rings. The minimum absolute atomic E-state index is 0.0703. The maximum absolute atomic E-state index is 14.0. The summed E-state index contributed by atoms with van der Waals surface area (Å²) in [5.41, 5.74) is 6.13. The lowest BCUT2D eigenvalue weighted by molar-refractivity contribution is -0.119. The van der Waals surface area contributed by atoms with E-state index in [-0.39, 0.29) is 27.1 Å². The van der Waals surface area contributed by atoms with Crippen LogP contribution < -0.4 is 23.9 Å². The first-order valence-corrected chi connectivity index (χ1v) is 15.5. The Balaban J connectivity index is 1.65. The number of hydrogen-bond acceptors (Lipinski definition) is 7. The number of para-hydroxylation sites is 1. The molecule has 0 saturated heterocycles. The lowest BCUT2D eigenvalue weighted by Crippen LogP contribution is -2.39. The average Bonchev–Trinajstić information content (AvgIpc) is 3.27. The van der Waals surface area contributed by atoms with E-state index in [1.54, 1.807) is 6.07 Å². The van der Waals surface area contributed by atoms with E-state index in [0.717, 1.165) is 31.4 Å². The van der Waals surface area contributed by atoms with Crippen molar-refractivity contribution < 1.29 is 27.4 Å². The topological polar surface area (TPSA) is 111 Å². The van der Waals surface area contributed by atoms with Crippen LogP contribution in [-0.4, -0.2) is 53.0 Å². The van der Waals surface area contributed by atoms with Crippen LogP contribution in [0.2, 0.25) is 5.02 Å². The van der Waals surface area contributed by atoms with Crippen molar-refractivity contribution in [3.63, 3.8) is 0 Å². The minimum Gasteiger partial charge on any atom is -0.495 e. The second kappa shape index (κ2) is 13.5. The summed E-state index contributed by atoms with van der Waals surface area (Å²) >= 11 is 9.82. The Morgan fingerprint density at radius 3 is 2.33 bits per heavy atom. The van der Waals surface area contributed by atoms with E-state index >= 15 is 0 Å². The summed E-state index contributed by atoms with van der Waals surface area (Å²) in [4.78, 5) is 13.0. The molecule has 0 aliphatic carbocycles. The molecule has 0 unspecified atom stereocenters. The fraction of sp³-hybridized carbons (Fsp3) is 0.200. The molecule has 4 rings (SSSR count). The van der Waals surface area contributed by atoms with Crippen LogP contribution in [-0.2, 0) is 14.8 Å². The Bertz CT molecular complexity index is 1790. The van der Waals surface area contributed by atoms with Gasteiger partial charge in [-0.3, -0.25) is 9.10 Å². The number of carbonyl (C=O) groups is 1. The molecule has 0 radical (unpaired) electrons. The Morgan fingerprint density at radius 2 is 1.65 bits per heavy atom. The standard InChI is InChI=1S/C30H30BrClN4O6S/c1-19-14-21(20(2)36(19)25-9-7-6-8-24(25)31)17-33-34-30(37)18-35(26-15-22(32)10-12-27(26)40-3)43(38,39)23-11-13-28(41-4)29(16-23)42-5/h6-17H,18H2,1-5H3,(H,34,37)/b33-17-. The SMILES string of the molecule is COc1ccc(S(=O)(=O)N(CC(=O)N/N=C\c2cc(C)n(-c3ccccc3Br)c2C)c2cc(Cl)ccc2OC)cc1OC. The second-order valence-corrected chi connectivity index (χ2v) is 12.4. The molecule has 43 heavy (non-hydrogen) atoms. The van der Waals surface area contributed by atoms with Crippen LogP contribution in [0.15, 0.2) is 81.2 Å². The number of ether oxygens (including phenoxy) is 3. The van der Waals surface area contributed by atoms with Crippen molar-refractivity contribution in [2.45, 2.75) is 18.7 Å². The maximum Gasteiger partial charge on any atom is 0.265 e. The Labute approximate surface area is 264 Å². The first-order valence-electron chi connectivity index (χ1n) is 12.9. The highest BCUT2D eigenvalue weighted by atomic mass is 79.9. The van der Waals surface area contributed by atoms with Crippen molar-refractivity contribution in [2.24, 2.45) is 5.10 Å². The van der Waals surface area contributed by atoms with Gasteiger partial charge >= 0.3 is 0 Å². The zero-order valence-electron chi connectivity index (χ0n) is 24.1. The monoisotopic (exact) mass is 688 g/mol. The van der Waals surface area contributed by atoms with Gasteiger partial charge in [0.05, 0.1) is 43.8 Å². The summed E-state index contributed by atoms with van der Waals surface area (Å²) in [6, 6.07) is 18.4. The number of amides is 1. The van der Waals surface area contributed by atoms with Crippen molar-refractivity contribution in [3.8, 4) is 22.9 Å². The largest absolute Gasteiger partial charge is 0.495 e. The molecule has 0 aliphatic heterocycles. The van der Waals surface area contributed by atoms with E-state index in [1.807, 2.05) is 44.2 Å². The van der Waals surface area contributed by atoms with Crippen LogP contribution in [0.5, 0.6) is 17.2 Å². The van der Waals surface area contributed by atoms with Crippen LogP contribution in [0.25, 0.3) is 5.69 Å². The third kappa shape index (κ3) is 6.82. The first kappa shape index (κ1) is 31.9. The molecule has 1 aromatic heterocycles. The summed E-state index contributed by atoms with van der Waals surface area (Å²) in [5.74, 6) is 0.0568. The van der Waals surface area contributed by atoms with Gasteiger partial charge in [-0.25, -0.2) is 13.8 Å². The molecule has 10 nitrogen and oxygen atoms in total. The van der Waals surface area contributed by atoms with Crippen LogP contribution in [0, 0.1) is 13.8 Å². The smallest absolute Gasteiger partial charge is 0.265 e. The molecule has 0 fully saturated rings. The zero-order chi connectivity index (χ0) is 31.3. The van der Waals surface area contributed by atoms with Gasteiger partial charge in [-0.1, -0.05) is 23.7 Å². The van der Waals surface area contributed by atoms with Gasteiger partial charge in [-0.15, -0.1) is 0 Å². The van der Waals surface area contributed by atoms with E-state index in [0.29, 0.717) is 5.75 Å². The van der Waals surface area contributed by atoms with Crippen molar-refractivity contribution in [1.82, 2.24) is 9.99 Å². The molecule has 1 amide bonds. The molecule has 1 heterocycles. The Kier molecular flexibility index (Phi) is 10.0. The number of nitrogens with zero attached hydrogens (tertiary/aromatic N) is 3. The van der Waals surface area contributed by atoms with Crippen molar-refractivity contribution in [1.29, 1.82) is 0 Å². The highest BCUT2D eigenvalue weighted by molar-refractivity contribution is 9.10. The zero-order valence-corrected chi connectivity index (χ0v) is 27.2. The van der Waals surface area contributed by atoms with Crippen molar-refractivity contribution in [2.75, 3.05) is 32.2 Å². The number of hydrazone groups is 1. The molecule has 1 N–H and O–H groups in total. The molecule has 0 bridgehead atoms. The molecule has 0 aliphatic rings. The van der Waals surface area contributed by atoms with Gasteiger partial charge < -0.3 is 18.8 Å². The number of methoxy groups -OCH3 is 3. The number of hydrogen-bond donors (Lipinski definition) is 1. The number of carbonyl (C=O) groups excluding carboxylic acids is 1. The quantitative estimate of drug-likeness (QED) is 0.156. The Morgan fingerprint density at radius 1 is 0.977 bits per heavy atom. The number of rotatable bonds is 11. The number of anilines is 1. The number of aryl methyl sites for hydroxylation is 1. The summed E-state index contributed by atoms with van der Waals surface area (Å²) in [6.07, 6.45) is 1.51. The maximum atomic E-state index is 14.0. The molecular weight excluding hydrogens is 660 g/mol. The fourth-order valence-electron chi connectivity index (χ4n) is 4.52. The number of benzene rings is 3. The van der Waals surface area contributed by atoms with E-state index in [2.05, 4.69) is 31.0 Å². The summed E-state index contributed by atoms with van der Waals surface area (Å²) in [7, 11) is -0.108. The molecule has 0 spiro atoms. The third-order valence-corrected chi connectivity index (χ3v) is 9.26. The summed E-state index contributed by atoms with van der Waals surface area (Å²) in [6.45, 7) is 3.29. The van der Waals surface area contributed by atoms with Gasteiger partial charge in [0.2, 0.25) is 0 Å². The number of aromatic nitrogens is 1. The molecule has 0 saturated carbocycles. The van der Waals surface area contributed by atoms with Crippen LogP contribution in [0.1, 0.15) is 17.0 Å². The van der Waals surface area contributed by atoms with Gasteiger partial charge in [0.25, 0.3) is 15.9 Å². The van der Waals surface area contributed by atoms with E-state index in [9.17, 15) is 13.2 Å². The molecule has 0 atom stereocenters. The van der Waals surface area contributed by atoms with Gasteiger partial charge in [0.15, 0.2) is 11.5 Å². The Hall–Kier alpha value is -4.00. The second-order valence-electron chi connectivity index (χ2n) is 9.25. The summed E-state index contributed by atoms with van der Waals surface area (Å²) in [5, 5.41) is 4.37. The van der Waals surface area contributed by atoms with Crippen LogP contribution in [0.3, 0.4) is 0 Å². The number of nitrogens with one attached hydrogen (secondary N) is 1. The van der Waals surface area contributed by atoms with Gasteiger partial charge in [0, 0.05) is 32.5 Å². The van der Waals surface area contributed by atoms with E-state index in [1.165, 1.54) is 57.9 Å². The lowest BCUT2D eigenvalue weighted by atomic mass is 10.2. The highest BCUT2D eigenvalue weighted by Crippen LogP contribution is 2.37. The van der Waals surface area contributed by atoms with Gasteiger partial charge in [0.1, 0.15) is 12.3 Å². The molecule has 13 heteroatoms. The highest BCUT2D eigenvalue weighted by Gasteiger charge is 2.30. The predicted molar refractivity (Wildman–Crippen MR) is 171 cm³/mol. The minimum atomic E-state index is -4.34. The van der Waals surface area contributed by atoms with E-state index in [4.69, 9.17) is 25.8 Å². The predicted octanol–water partition coefficient (Wildman–Crippen LogP) is 5.88. The van der Waals surface area contributed by atoms with Crippen molar-refractivity contribution in [3.05, 3.63) is 93.2 Å². The first-order chi connectivity index (χ1) is 20.5. The fourth-order valence-corrected chi connectivity index (χ4v) is 6.59. The lowest BCUT2D eigenvalue weighted by Gasteiger charge is -2.25. The van der Waals surface area contributed by atoms with Gasteiger partial charge in [-0.2, -0.15) is 5.10 Å². The summed E-state index contributed by atoms with van der Waals surface area (Å²) < 4.78 is 47.8. The number of sulfonamides is 1. The van der Waals surface area contributed by atoms with Gasteiger partial charge in [-0.05, 0) is 78.3 Å². The number of halogens is 2. The average molecular weight is 690 g/mol.